The molecular weight excluding hydrogens is 294 g/mol. The van der Waals surface area contributed by atoms with E-state index >= 15 is 0 Å². The molecule has 0 radical (unpaired) electrons. The summed E-state index contributed by atoms with van der Waals surface area (Å²) in [6, 6.07) is 14.8. The second kappa shape index (κ2) is 6.51. The Balaban J connectivity index is 1.71. The fourth-order valence-corrected chi connectivity index (χ4v) is 4.29. The van der Waals surface area contributed by atoms with Crippen molar-refractivity contribution in [2.24, 2.45) is 0 Å². The Hall–Kier alpha value is -1.96. The quantitative estimate of drug-likeness (QED) is 0.525. The minimum Gasteiger partial charge on any atom is -0.453 e. The van der Waals surface area contributed by atoms with E-state index in [2.05, 4.69) is 42.6 Å². The third kappa shape index (κ3) is 2.90. The summed E-state index contributed by atoms with van der Waals surface area (Å²) >= 11 is 0. The average Bonchev–Trinajstić information content (AvgIpc) is 2.72. The number of anilines is 2. The number of rotatable bonds is 1. The van der Waals surface area contributed by atoms with E-state index in [0.29, 0.717) is 0 Å². The van der Waals surface area contributed by atoms with Crippen LogP contribution in [0.5, 0.6) is 11.5 Å². The van der Waals surface area contributed by atoms with E-state index in [1.54, 1.807) is 0 Å². The van der Waals surface area contributed by atoms with Gasteiger partial charge in [-0.3, -0.25) is 0 Å². The molecule has 2 heteroatoms. The third-order valence-electron chi connectivity index (χ3n) is 5.75. The van der Waals surface area contributed by atoms with Gasteiger partial charge in [0.05, 0.1) is 11.4 Å². The molecule has 0 bridgehead atoms. The topological polar surface area (TPSA) is 21.3 Å². The van der Waals surface area contributed by atoms with Crippen LogP contribution >= 0.6 is 0 Å². The lowest BCUT2D eigenvalue weighted by atomic mass is 9.74. The molecule has 24 heavy (non-hydrogen) atoms. The van der Waals surface area contributed by atoms with Gasteiger partial charge in [-0.15, -0.1) is 0 Å². The summed E-state index contributed by atoms with van der Waals surface area (Å²) in [5.74, 6) is 1.88. The number of ether oxygens (including phenoxy) is 1. The minimum atomic E-state index is 0.234. The van der Waals surface area contributed by atoms with Gasteiger partial charge < -0.3 is 10.1 Å². The number of nitrogens with one attached hydrogen (secondary N) is 1. The van der Waals surface area contributed by atoms with E-state index in [1.165, 1.54) is 62.6 Å². The van der Waals surface area contributed by atoms with Crippen molar-refractivity contribution in [1.82, 2.24) is 0 Å². The fraction of sp³-hybridized carbons (Fsp3) is 0.455. The molecule has 0 spiro atoms. The highest BCUT2D eigenvalue weighted by Gasteiger charge is 2.31. The van der Waals surface area contributed by atoms with Gasteiger partial charge in [0.25, 0.3) is 0 Å². The summed E-state index contributed by atoms with van der Waals surface area (Å²) in [4.78, 5) is 0. The molecule has 2 nitrogen and oxygen atoms in total. The molecule has 126 valence electrons. The van der Waals surface area contributed by atoms with Gasteiger partial charge in [-0.2, -0.15) is 0 Å². The van der Waals surface area contributed by atoms with Crippen LogP contribution in [0.3, 0.4) is 0 Å². The molecule has 1 aliphatic carbocycles. The van der Waals surface area contributed by atoms with Crippen molar-refractivity contribution in [3.8, 4) is 11.5 Å². The number of para-hydroxylation sites is 3. The van der Waals surface area contributed by atoms with Crippen LogP contribution in [0, 0.1) is 0 Å². The third-order valence-corrected chi connectivity index (χ3v) is 5.75. The zero-order valence-corrected chi connectivity index (χ0v) is 14.6. The molecule has 0 atom stereocenters. The summed E-state index contributed by atoms with van der Waals surface area (Å²) in [7, 11) is 0. The maximum atomic E-state index is 6.17. The molecule has 0 aromatic heterocycles. The van der Waals surface area contributed by atoms with Crippen molar-refractivity contribution in [3.63, 3.8) is 0 Å². The first-order chi connectivity index (χ1) is 11.8. The molecule has 1 fully saturated rings. The van der Waals surface area contributed by atoms with Crippen LogP contribution in [0.15, 0.2) is 42.5 Å². The van der Waals surface area contributed by atoms with Crippen LogP contribution in [-0.4, -0.2) is 0 Å². The predicted octanol–water partition coefficient (Wildman–Crippen LogP) is 6.93. The lowest BCUT2D eigenvalue weighted by molar-refractivity contribution is 0.380. The lowest BCUT2D eigenvalue weighted by Crippen LogP contribution is -2.24. The second-order valence-corrected chi connectivity index (χ2v) is 7.58. The molecule has 0 amide bonds. The Labute approximate surface area is 145 Å². The Morgan fingerprint density at radius 2 is 1.46 bits per heavy atom. The van der Waals surface area contributed by atoms with Crippen molar-refractivity contribution < 1.29 is 4.74 Å². The smallest absolute Gasteiger partial charge is 0.151 e. The number of hydrogen-bond acceptors (Lipinski definition) is 2. The molecular formula is C22H27NO. The molecule has 2 aromatic carbocycles. The highest BCUT2D eigenvalue weighted by Crippen LogP contribution is 2.49. The van der Waals surface area contributed by atoms with E-state index < -0.39 is 0 Å². The Morgan fingerprint density at radius 1 is 0.792 bits per heavy atom. The summed E-state index contributed by atoms with van der Waals surface area (Å²) in [6.45, 7) is 2.45. The average molecular weight is 321 g/mol. The van der Waals surface area contributed by atoms with Crippen LogP contribution in [0.4, 0.5) is 11.4 Å². The molecule has 2 aromatic rings. The van der Waals surface area contributed by atoms with Gasteiger partial charge in [-0.05, 0) is 42.0 Å². The molecule has 0 saturated heterocycles. The summed E-state index contributed by atoms with van der Waals surface area (Å²) in [5.41, 5.74) is 3.91. The van der Waals surface area contributed by atoms with Crippen LogP contribution < -0.4 is 10.1 Å². The zero-order valence-electron chi connectivity index (χ0n) is 14.6. The lowest BCUT2D eigenvalue weighted by Gasteiger charge is -2.34. The van der Waals surface area contributed by atoms with E-state index in [0.717, 1.165) is 17.2 Å². The second-order valence-electron chi connectivity index (χ2n) is 7.58. The first-order valence-electron chi connectivity index (χ1n) is 9.44. The van der Waals surface area contributed by atoms with Crippen molar-refractivity contribution in [3.05, 3.63) is 48.0 Å². The van der Waals surface area contributed by atoms with Gasteiger partial charge in [0.15, 0.2) is 11.5 Å². The van der Waals surface area contributed by atoms with E-state index in [4.69, 9.17) is 4.74 Å². The van der Waals surface area contributed by atoms with Crippen LogP contribution in [0.25, 0.3) is 0 Å². The van der Waals surface area contributed by atoms with E-state index in [9.17, 15) is 0 Å². The zero-order chi connectivity index (χ0) is 16.4. The van der Waals surface area contributed by atoms with Crippen molar-refractivity contribution in [2.45, 2.75) is 63.7 Å². The predicted molar refractivity (Wildman–Crippen MR) is 101 cm³/mol. The maximum Gasteiger partial charge on any atom is 0.151 e. The normalized spacial score (nSPS) is 19.5. The van der Waals surface area contributed by atoms with Crippen LogP contribution in [0.1, 0.15) is 63.9 Å². The summed E-state index contributed by atoms with van der Waals surface area (Å²) < 4.78 is 6.17. The van der Waals surface area contributed by atoms with Gasteiger partial charge in [0, 0.05) is 0 Å². The molecule has 1 aliphatic heterocycles. The largest absolute Gasteiger partial charge is 0.453 e. The van der Waals surface area contributed by atoms with Crippen molar-refractivity contribution in [2.75, 3.05) is 5.32 Å². The van der Waals surface area contributed by atoms with E-state index in [1.807, 2.05) is 12.1 Å². The van der Waals surface area contributed by atoms with Gasteiger partial charge in [-0.25, -0.2) is 0 Å². The SMILES string of the molecule is CC1(c2cccc3c2Nc2ccccc2O3)CCCCCCCC1. The van der Waals surface area contributed by atoms with Gasteiger partial charge in [-0.1, -0.05) is 69.7 Å². The minimum absolute atomic E-state index is 0.234. The van der Waals surface area contributed by atoms with Crippen LogP contribution in [0.2, 0.25) is 0 Å². The van der Waals surface area contributed by atoms with Crippen molar-refractivity contribution in [1.29, 1.82) is 0 Å². The highest BCUT2D eigenvalue weighted by molar-refractivity contribution is 5.78. The van der Waals surface area contributed by atoms with Gasteiger partial charge >= 0.3 is 0 Å². The number of hydrogen-bond donors (Lipinski definition) is 1. The van der Waals surface area contributed by atoms with E-state index in [-0.39, 0.29) is 5.41 Å². The molecule has 1 N–H and O–H groups in total. The molecule has 0 unspecified atom stereocenters. The molecule has 1 heterocycles. The Morgan fingerprint density at radius 3 is 2.25 bits per heavy atom. The van der Waals surface area contributed by atoms with Crippen molar-refractivity contribution >= 4 is 11.4 Å². The standard InChI is InChI=1S/C22H27NO/c1-22(15-8-4-2-3-5-9-16-22)17-11-10-14-20-21(17)23-18-12-6-7-13-19(18)24-20/h6-7,10-14,23H,2-5,8-9,15-16H2,1H3. The molecule has 2 aliphatic rings. The first-order valence-corrected chi connectivity index (χ1v) is 9.44. The monoisotopic (exact) mass is 321 g/mol. The Bertz CT molecular complexity index is 712. The Kier molecular flexibility index (Phi) is 4.22. The van der Waals surface area contributed by atoms with Gasteiger partial charge in [0.2, 0.25) is 0 Å². The van der Waals surface area contributed by atoms with Gasteiger partial charge in [0.1, 0.15) is 0 Å². The summed E-state index contributed by atoms with van der Waals surface area (Å²) in [5, 5.41) is 3.66. The fourth-order valence-electron chi connectivity index (χ4n) is 4.29. The van der Waals surface area contributed by atoms with Crippen LogP contribution in [-0.2, 0) is 5.41 Å². The molecule has 1 saturated carbocycles. The molecule has 4 rings (SSSR count). The summed E-state index contributed by atoms with van der Waals surface area (Å²) in [6.07, 6.45) is 10.7. The highest BCUT2D eigenvalue weighted by atomic mass is 16.5. The number of fused-ring (bicyclic) bond motifs is 2. The first kappa shape index (κ1) is 15.6. The maximum absolute atomic E-state index is 6.17. The number of benzene rings is 2.